The Hall–Kier alpha value is -2.38. The topological polar surface area (TPSA) is 68.2 Å². The summed E-state index contributed by atoms with van der Waals surface area (Å²) in [5, 5.41) is 4.51. The number of H-pyrrole nitrogens is 1. The Bertz CT molecular complexity index is 908. The van der Waals surface area contributed by atoms with Crippen molar-refractivity contribution >= 4 is 11.2 Å². The molecular weight excluding hydrogens is 342 g/mol. The minimum absolute atomic E-state index is 0.0778. The van der Waals surface area contributed by atoms with Gasteiger partial charge in [-0.15, -0.1) is 0 Å². The SMILES string of the molecule is COc1ccccc1Cn1ncc2[nH]c(C(C)(C)CN3CCOCC3)nc21. The Labute approximate surface area is 159 Å². The molecule has 3 heterocycles. The largest absolute Gasteiger partial charge is 0.496 e. The molecule has 0 unspecified atom stereocenters. The number of aromatic nitrogens is 4. The number of nitrogens with one attached hydrogen (secondary N) is 1. The Morgan fingerprint density at radius 1 is 1.22 bits per heavy atom. The molecular formula is C20H27N5O2. The van der Waals surface area contributed by atoms with Crippen molar-refractivity contribution < 1.29 is 9.47 Å². The normalized spacial score (nSPS) is 16.1. The lowest BCUT2D eigenvalue weighted by atomic mass is 9.91. The number of ether oxygens (including phenoxy) is 2. The zero-order chi connectivity index (χ0) is 18.9. The van der Waals surface area contributed by atoms with Crippen molar-refractivity contribution in [3.05, 3.63) is 41.9 Å². The van der Waals surface area contributed by atoms with Crippen LogP contribution in [0, 0.1) is 0 Å². The first-order chi connectivity index (χ1) is 13.1. The van der Waals surface area contributed by atoms with Crippen molar-refractivity contribution in [1.29, 1.82) is 0 Å². The van der Waals surface area contributed by atoms with Gasteiger partial charge in [0.2, 0.25) is 0 Å². The van der Waals surface area contributed by atoms with E-state index in [0.29, 0.717) is 6.54 Å². The monoisotopic (exact) mass is 369 g/mol. The number of nitrogens with zero attached hydrogens (tertiary/aromatic N) is 4. The summed E-state index contributed by atoms with van der Waals surface area (Å²) in [7, 11) is 1.69. The van der Waals surface area contributed by atoms with Crippen LogP contribution < -0.4 is 4.74 Å². The van der Waals surface area contributed by atoms with E-state index >= 15 is 0 Å². The Morgan fingerprint density at radius 3 is 2.78 bits per heavy atom. The summed E-state index contributed by atoms with van der Waals surface area (Å²) in [6.07, 6.45) is 1.85. The second-order valence-electron chi connectivity index (χ2n) is 7.71. The van der Waals surface area contributed by atoms with Gasteiger partial charge >= 0.3 is 0 Å². The highest BCUT2D eigenvalue weighted by atomic mass is 16.5. The van der Waals surface area contributed by atoms with E-state index < -0.39 is 0 Å². The zero-order valence-electron chi connectivity index (χ0n) is 16.2. The molecule has 2 aromatic heterocycles. The minimum Gasteiger partial charge on any atom is -0.496 e. The molecule has 0 saturated carbocycles. The minimum atomic E-state index is -0.0778. The van der Waals surface area contributed by atoms with Gasteiger partial charge in [0.25, 0.3) is 0 Å². The standard InChI is InChI=1S/C20H27N5O2/c1-20(2,14-24-8-10-27-11-9-24)19-22-16-12-21-25(18(16)23-19)13-15-6-4-5-7-17(15)26-3/h4-7,12H,8-11,13-14H2,1-3H3,(H,22,23). The van der Waals surface area contributed by atoms with Gasteiger partial charge in [-0.1, -0.05) is 32.0 Å². The number of methoxy groups -OCH3 is 1. The predicted octanol–water partition coefficient (Wildman–Crippen LogP) is 2.43. The number of aromatic amines is 1. The van der Waals surface area contributed by atoms with Crippen LogP contribution in [0.3, 0.4) is 0 Å². The van der Waals surface area contributed by atoms with Gasteiger partial charge in [0.05, 0.1) is 33.1 Å². The molecule has 0 radical (unpaired) electrons. The maximum Gasteiger partial charge on any atom is 0.176 e. The molecule has 144 valence electrons. The first kappa shape index (κ1) is 18.0. The molecule has 3 aromatic rings. The molecule has 27 heavy (non-hydrogen) atoms. The fourth-order valence-corrected chi connectivity index (χ4v) is 3.67. The smallest absolute Gasteiger partial charge is 0.176 e. The Kier molecular flexibility index (Phi) is 4.88. The Morgan fingerprint density at radius 2 is 2.00 bits per heavy atom. The maximum absolute atomic E-state index is 5.47. The Balaban J connectivity index is 1.58. The van der Waals surface area contributed by atoms with Crippen LogP contribution in [-0.4, -0.2) is 64.6 Å². The van der Waals surface area contributed by atoms with Gasteiger partial charge in [-0.05, 0) is 6.07 Å². The van der Waals surface area contributed by atoms with E-state index in [9.17, 15) is 0 Å². The summed E-state index contributed by atoms with van der Waals surface area (Å²) >= 11 is 0. The number of fused-ring (bicyclic) bond motifs is 1. The molecule has 0 atom stereocenters. The zero-order valence-corrected chi connectivity index (χ0v) is 16.2. The highest BCUT2D eigenvalue weighted by Gasteiger charge is 2.29. The predicted molar refractivity (Wildman–Crippen MR) is 104 cm³/mol. The van der Waals surface area contributed by atoms with Crippen LogP contribution in [0.15, 0.2) is 30.5 Å². The molecule has 0 aliphatic carbocycles. The van der Waals surface area contributed by atoms with Crippen LogP contribution in [0.4, 0.5) is 0 Å². The third-order valence-corrected chi connectivity index (χ3v) is 5.16. The number of rotatable bonds is 6. The van der Waals surface area contributed by atoms with E-state index in [-0.39, 0.29) is 5.41 Å². The average Bonchev–Trinajstić information content (AvgIpc) is 3.25. The number of morpholine rings is 1. The molecule has 1 saturated heterocycles. The van der Waals surface area contributed by atoms with Crippen LogP contribution in [0.2, 0.25) is 0 Å². The highest BCUT2D eigenvalue weighted by Crippen LogP contribution is 2.26. The lowest BCUT2D eigenvalue weighted by Crippen LogP contribution is -2.43. The fraction of sp³-hybridized carbons (Fsp3) is 0.500. The molecule has 1 aliphatic heterocycles. The van der Waals surface area contributed by atoms with Gasteiger partial charge in [-0.3, -0.25) is 4.90 Å². The van der Waals surface area contributed by atoms with Crippen molar-refractivity contribution in [3.8, 4) is 5.75 Å². The van der Waals surface area contributed by atoms with Crippen molar-refractivity contribution in [3.63, 3.8) is 0 Å². The maximum atomic E-state index is 5.47. The van der Waals surface area contributed by atoms with Crippen LogP contribution in [0.5, 0.6) is 5.75 Å². The number of imidazole rings is 1. The van der Waals surface area contributed by atoms with Crippen molar-refractivity contribution in [2.75, 3.05) is 40.0 Å². The molecule has 1 fully saturated rings. The van der Waals surface area contributed by atoms with E-state index in [4.69, 9.17) is 14.5 Å². The van der Waals surface area contributed by atoms with Crippen LogP contribution in [-0.2, 0) is 16.7 Å². The summed E-state index contributed by atoms with van der Waals surface area (Å²) in [6, 6.07) is 8.02. The molecule has 1 aromatic carbocycles. The quantitative estimate of drug-likeness (QED) is 0.723. The summed E-state index contributed by atoms with van der Waals surface area (Å²) in [4.78, 5) is 10.8. The van der Waals surface area contributed by atoms with Gasteiger partial charge in [-0.25, -0.2) is 9.67 Å². The molecule has 0 bridgehead atoms. The number of hydrogen-bond acceptors (Lipinski definition) is 5. The molecule has 4 rings (SSSR count). The van der Waals surface area contributed by atoms with Gasteiger partial charge in [0, 0.05) is 30.6 Å². The summed E-state index contributed by atoms with van der Waals surface area (Å²) in [6.45, 7) is 9.62. The van der Waals surface area contributed by atoms with E-state index in [0.717, 1.165) is 61.1 Å². The summed E-state index contributed by atoms with van der Waals surface area (Å²) in [5.41, 5.74) is 2.86. The summed E-state index contributed by atoms with van der Waals surface area (Å²) in [5.74, 6) is 1.86. The van der Waals surface area contributed by atoms with E-state index in [1.165, 1.54) is 0 Å². The van der Waals surface area contributed by atoms with Gasteiger partial charge in [0.15, 0.2) is 5.65 Å². The number of benzene rings is 1. The molecule has 0 spiro atoms. The summed E-state index contributed by atoms with van der Waals surface area (Å²) < 4.78 is 12.9. The van der Waals surface area contributed by atoms with E-state index in [2.05, 4.69) is 34.9 Å². The number of para-hydroxylation sites is 1. The van der Waals surface area contributed by atoms with Crippen molar-refractivity contribution in [2.45, 2.75) is 25.8 Å². The fourth-order valence-electron chi connectivity index (χ4n) is 3.67. The van der Waals surface area contributed by atoms with Crippen molar-refractivity contribution in [1.82, 2.24) is 24.6 Å². The van der Waals surface area contributed by atoms with E-state index in [1.54, 1.807) is 7.11 Å². The molecule has 0 amide bonds. The first-order valence-electron chi connectivity index (χ1n) is 9.41. The molecule has 7 nitrogen and oxygen atoms in total. The van der Waals surface area contributed by atoms with Crippen LogP contribution >= 0.6 is 0 Å². The second kappa shape index (κ2) is 7.32. The lowest BCUT2D eigenvalue weighted by molar-refractivity contribution is 0.0290. The first-order valence-corrected chi connectivity index (χ1v) is 9.41. The van der Waals surface area contributed by atoms with Gasteiger partial charge in [-0.2, -0.15) is 5.10 Å². The van der Waals surface area contributed by atoms with Gasteiger partial charge in [0.1, 0.15) is 17.1 Å². The molecule has 1 aliphatic rings. The lowest BCUT2D eigenvalue weighted by Gasteiger charge is -2.33. The average molecular weight is 369 g/mol. The van der Waals surface area contributed by atoms with Crippen LogP contribution in [0.1, 0.15) is 25.2 Å². The molecule has 1 N–H and O–H groups in total. The van der Waals surface area contributed by atoms with Crippen molar-refractivity contribution in [2.24, 2.45) is 0 Å². The highest BCUT2D eigenvalue weighted by molar-refractivity contribution is 5.70. The third kappa shape index (κ3) is 3.70. The van der Waals surface area contributed by atoms with Gasteiger partial charge < -0.3 is 14.5 Å². The number of hydrogen-bond donors (Lipinski definition) is 1. The third-order valence-electron chi connectivity index (χ3n) is 5.16. The second-order valence-corrected chi connectivity index (χ2v) is 7.71. The van der Waals surface area contributed by atoms with E-state index in [1.807, 2.05) is 29.1 Å². The van der Waals surface area contributed by atoms with Crippen LogP contribution in [0.25, 0.3) is 11.2 Å². The molecule has 7 heteroatoms.